The molecule has 2 aromatic rings. The zero-order valence-electron chi connectivity index (χ0n) is 11.1. The average molecular weight is 309 g/mol. The highest BCUT2D eigenvalue weighted by Crippen LogP contribution is 2.25. The van der Waals surface area contributed by atoms with Gasteiger partial charge >= 0.3 is 6.03 Å². The molecule has 0 saturated heterocycles. The van der Waals surface area contributed by atoms with Crippen LogP contribution < -0.4 is 10.6 Å². The van der Waals surface area contributed by atoms with Gasteiger partial charge < -0.3 is 10.6 Å². The standard InChI is InChI=1S/C15H14Cl2N2O/c1-9-4-3-5-10(2)14(9)19-15(20)18-11-6-7-12(16)13(17)8-11/h3-8H,1-2H3,(H2,18,19,20). The largest absolute Gasteiger partial charge is 0.323 e. The van der Waals surface area contributed by atoms with Crippen molar-refractivity contribution < 1.29 is 4.79 Å². The maximum atomic E-state index is 12.0. The van der Waals surface area contributed by atoms with Crippen molar-refractivity contribution in [1.29, 1.82) is 0 Å². The molecule has 2 amide bonds. The highest BCUT2D eigenvalue weighted by atomic mass is 35.5. The minimum absolute atomic E-state index is 0.319. The Morgan fingerprint density at radius 1 is 0.950 bits per heavy atom. The number of amides is 2. The van der Waals surface area contributed by atoms with Crippen molar-refractivity contribution in [2.45, 2.75) is 13.8 Å². The number of halogens is 2. The minimum Gasteiger partial charge on any atom is -0.308 e. The highest BCUT2D eigenvalue weighted by Gasteiger charge is 2.08. The van der Waals surface area contributed by atoms with Gasteiger partial charge in [-0.15, -0.1) is 0 Å². The van der Waals surface area contributed by atoms with Gasteiger partial charge in [0.15, 0.2) is 0 Å². The van der Waals surface area contributed by atoms with Crippen LogP contribution in [0.5, 0.6) is 0 Å². The van der Waals surface area contributed by atoms with Crippen LogP contribution >= 0.6 is 23.2 Å². The first kappa shape index (κ1) is 14.7. The van der Waals surface area contributed by atoms with E-state index in [9.17, 15) is 4.79 Å². The van der Waals surface area contributed by atoms with Gasteiger partial charge in [0.2, 0.25) is 0 Å². The van der Waals surface area contributed by atoms with E-state index in [-0.39, 0.29) is 6.03 Å². The summed E-state index contributed by atoms with van der Waals surface area (Å²) in [5, 5.41) is 6.41. The van der Waals surface area contributed by atoms with Crippen LogP contribution in [0.2, 0.25) is 10.0 Å². The summed E-state index contributed by atoms with van der Waals surface area (Å²) in [6, 6.07) is 10.5. The van der Waals surface area contributed by atoms with E-state index in [4.69, 9.17) is 23.2 Å². The van der Waals surface area contributed by atoms with Crippen LogP contribution in [0.1, 0.15) is 11.1 Å². The lowest BCUT2D eigenvalue weighted by Gasteiger charge is -2.12. The Hall–Kier alpha value is -1.71. The molecule has 3 nitrogen and oxygen atoms in total. The molecule has 0 aliphatic rings. The van der Waals surface area contributed by atoms with Gasteiger partial charge in [0.1, 0.15) is 0 Å². The van der Waals surface area contributed by atoms with Gasteiger partial charge in [0.25, 0.3) is 0 Å². The third-order valence-electron chi connectivity index (χ3n) is 2.90. The van der Waals surface area contributed by atoms with Crippen LogP contribution in [-0.4, -0.2) is 6.03 Å². The molecule has 0 atom stereocenters. The maximum Gasteiger partial charge on any atom is 0.323 e. The van der Waals surface area contributed by atoms with Gasteiger partial charge in [-0.2, -0.15) is 0 Å². The molecule has 104 valence electrons. The molecule has 0 heterocycles. The molecule has 0 fully saturated rings. The van der Waals surface area contributed by atoms with E-state index in [2.05, 4.69) is 10.6 Å². The van der Waals surface area contributed by atoms with E-state index in [0.717, 1.165) is 16.8 Å². The van der Waals surface area contributed by atoms with Gasteiger partial charge in [0.05, 0.1) is 10.0 Å². The number of benzene rings is 2. The smallest absolute Gasteiger partial charge is 0.308 e. The summed E-state index contributed by atoms with van der Waals surface area (Å²) in [4.78, 5) is 12.0. The van der Waals surface area contributed by atoms with Crippen LogP contribution in [0, 0.1) is 13.8 Å². The van der Waals surface area contributed by atoms with Crippen molar-refractivity contribution in [2.75, 3.05) is 10.6 Å². The van der Waals surface area contributed by atoms with E-state index < -0.39 is 0 Å². The number of aryl methyl sites for hydroxylation is 2. The number of hydrogen-bond acceptors (Lipinski definition) is 1. The maximum absolute atomic E-state index is 12.0. The number of anilines is 2. The van der Waals surface area contributed by atoms with Crippen LogP contribution in [0.3, 0.4) is 0 Å². The molecule has 0 radical (unpaired) electrons. The molecule has 2 N–H and O–H groups in total. The molecule has 0 spiro atoms. The number of carbonyl (C=O) groups is 1. The number of hydrogen-bond donors (Lipinski definition) is 2. The lowest BCUT2D eigenvalue weighted by molar-refractivity contribution is 0.262. The molecule has 0 aromatic heterocycles. The van der Waals surface area contributed by atoms with E-state index >= 15 is 0 Å². The summed E-state index contributed by atoms with van der Waals surface area (Å²) in [5.74, 6) is 0. The summed E-state index contributed by atoms with van der Waals surface area (Å²) in [5.41, 5.74) is 3.41. The first-order valence-electron chi connectivity index (χ1n) is 6.06. The number of carbonyl (C=O) groups excluding carboxylic acids is 1. The summed E-state index contributed by atoms with van der Waals surface area (Å²) < 4.78 is 0. The predicted octanol–water partition coefficient (Wildman–Crippen LogP) is 5.25. The van der Waals surface area contributed by atoms with Crippen molar-refractivity contribution in [3.8, 4) is 0 Å². The normalized spacial score (nSPS) is 10.2. The Morgan fingerprint density at radius 2 is 1.60 bits per heavy atom. The Labute approximate surface area is 127 Å². The fourth-order valence-electron chi connectivity index (χ4n) is 1.86. The zero-order valence-corrected chi connectivity index (χ0v) is 12.6. The molecule has 0 bridgehead atoms. The second-order valence-electron chi connectivity index (χ2n) is 4.47. The summed E-state index contributed by atoms with van der Waals surface area (Å²) in [7, 11) is 0. The van der Waals surface area contributed by atoms with Crippen molar-refractivity contribution in [3.05, 3.63) is 57.6 Å². The summed E-state index contributed by atoms with van der Waals surface area (Å²) in [6.07, 6.45) is 0. The third kappa shape index (κ3) is 3.44. The molecule has 0 saturated carbocycles. The Kier molecular flexibility index (Phi) is 4.53. The van der Waals surface area contributed by atoms with Gasteiger partial charge in [0, 0.05) is 11.4 Å². The van der Waals surface area contributed by atoms with E-state index in [0.29, 0.717) is 15.7 Å². The minimum atomic E-state index is -0.319. The molecule has 2 rings (SSSR count). The second kappa shape index (κ2) is 6.16. The van der Waals surface area contributed by atoms with Gasteiger partial charge in [-0.1, -0.05) is 41.4 Å². The number of rotatable bonds is 2. The lowest BCUT2D eigenvalue weighted by atomic mass is 10.1. The number of nitrogens with one attached hydrogen (secondary N) is 2. The molecule has 2 aromatic carbocycles. The highest BCUT2D eigenvalue weighted by molar-refractivity contribution is 6.42. The second-order valence-corrected chi connectivity index (χ2v) is 5.29. The van der Waals surface area contributed by atoms with Crippen molar-refractivity contribution in [2.24, 2.45) is 0 Å². The Bertz CT molecular complexity index is 636. The zero-order chi connectivity index (χ0) is 14.7. The average Bonchev–Trinajstić information content (AvgIpc) is 2.38. The summed E-state index contributed by atoms with van der Waals surface area (Å²) >= 11 is 11.7. The molecular formula is C15H14Cl2N2O. The van der Waals surface area contributed by atoms with Crippen LogP contribution in [-0.2, 0) is 0 Å². The number of urea groups is 1. The topological polar surface area (TPSA) is 41.1 Å². The first-order chi connectivity index (χ1) is 9.47. The Balaban J connectivity index is 2.11. The van der Waals surface area contributed by atoms with E-state index in [1.165, 1.54) is 0 Å². The molecule has 0 unspecified atom stereocenters. The fraction of sp³-hybridized carbons (Fsp3) is 0.133. The molecule has 0 aliphatic carbocycles. The van der Waals surface area contributed by atoms with Gasteiger partial charge in [-0.3, -0.25) is 0 Å². The fourth-order valence-corrected chi connectivity index (χ4v) is 2.16. The van der Waals surface area contributed by atoms with Gasteiger partial charge in [-0.05, 0) is 43.2 Å². The van der Waals surface area contributed by atoms with Crippen LogP contribution in [0.4, 0.5) is 16.2 Å². The van der Waals surface area contributed by atoms with Gasteiger partial charge in [-0.25, -0.2) is 4.79 Å². The third-order valence-corrected chi connectivity index (χ3v) is 3.64. The van der Waals surface area contributed by atoms with E-state index in [1.54, 1.807) is 18.2 Å². The number of para-hydroxylation sites is 1. The quantitative estimate of drug-likeness (QED) is 0.781. The summed E-state index contributed by atoms with van der Waals surface area (Å²) in [6.45, 7) is 3.89. The SMILES string of the molecule is Cc1cccc(C)c1NC(=O)Nc1ccc(Cl)c(Cl)c1. The first-order valence-corrected chi connectivity index (χ1v) is 6.82. The lowest BCUT2D eigenvalue weighted by Crippen LogP contribution is -2.20. The van der Waals surface area contributed by atoms with E-state index in [1.807, 2.05) is 32.0 Å². The molecule has 5 heteroatoms. The molecule has 0 aliphatic heterocycles. The monoisotopic (exact) mass is 308 g/mol. The van der Waals surface area contributed by atoms with Crippen molar-refractivity contribution >= 4 is 40.6 Å². The van der Waals surface area contributed by atoms with Crippen LogP contribution in [0.25, 0.3) is 0 Å². The van der Waals surface area contributed by atoms with Crippen molar-refractivity contribution in [1.82, 2.24) is 0 Å². The predicted molar refractivity (Wildman–Crippen MR) is 85.0 cm³/mol. The van der Waals surface area contributed by atoms with Crippen LogP contribution in [0.15, 0.2) is 36.4 Å². The Morgan fingerprint density at radius 3 is 2.20 bits per heavy atom. The molecule has 20 heavy (non-hydrogen) atoms. The van der Waals surface area contributed by atoms with Crippen molar-refractivity contribution in [3.63, 3.8) is 0 Å². The molecular weight excluding hydrogens is 295 g/mol.